The number of hydrogen-bond acceptors (Lipinski definition) is 6. The second-order valence-electron chi connectivity index (χ2n) is 7.40. The number of amides is 2. The molecule has 0 aliphatic carbocycles. The number of hydrogen-bond donors (Lipinski definition) is 0. The van der Waals surface area contributed by atoms with Crippen molar-refractivity contribution in [1.29, 1.82) is 0 Å². The number of ether oxygens (including phenoxy) is 2. The molecule has 1 aliphatic rings. The number of esters is 1. The molecule has 6 nitrogen and oxygen atoms in total. The van der Waals surface area contributed by atoms with E-state index in [2.05, 4.69) is 15.9 Å². The van der Waals surface area contributed by atoms with E-state index < -0.39 is 17.1 Å². The van der Waals surface area contributed by atoms with Gasteiger partial charge in [0.1, 0.15) is 0 Å². The summed E-state index contributed by atoms with van der Waals surface area (Å²) in [7, 11) is 1.42. The third-order valence-corrected chi connectivity index (χ3v) is 7.53. The summed E-state index contributed by atoms with van der Waals surface area (Å²) in [4.78, 5) is 39.4. The molecule has 2 amide bonds. The van der Waals surface area contributed by atoms with Crippen LogP contribution in [0.2, 0.25) is 15.1 Å². The molecule has 3 aromatic carbocycles. The minimum absolute atomic E-state index is 0.0485. The molecule has 0 radical (unpaired) electrons. The highest BCUT2D eigenvalue weighted by atomic mass is 79.9. The van der Waals surface area contributed by atoms with Crippen LogP contribution in [-0.2, 0) is 11.3 Å². The predicted octanol–water partition coefficient (Wildman–Crippen LogP) is 7.87. The normalized spacial score (nSPS) is 14.5. The van der Waals surface area contributed by atoms with Gasteiger partial charge in [0, 0.05) is 20.6 Å². The van der Waals surface area contributed by atoms with Crippen LogP contribution in [0.15, 0.2) is 64.0 Å². The third-order valence-electron chi connectivity index (χ3n) is 5.08. The van der Waals surface area contributed by atoms with Gasteiger partial charge in [-0.05, 0) is 87.9 Å². The van der Waals surface area contributed by atoms with Crippen molar-refractivity contribution in [3.05, 3.63) is 95.7 Å². The molecular formula is C25H15BrCl3NO5S. The Bertz CT molecular complexity index is 1390. The van der Waals surface area contributed by atoms with Crippen molar-refractivity contribution < 1.29 is 23.9 Å². The van der Waals surface area contributed by atoms with E-state index in [0.29, 0.717) is 36.2 Å². The molecule has 4 rings (SSSR count). The van der Waals surface area contributed by atoms with Gasteiger partial charge in [-0.25, -0.2) is 4.79 Å². The molecule has 0 N–H and O–H groups in total. The standard InChI is InChI=1S/C25H15BrCl3NO5S/c1-34-20-10-13(9-17(26)22(20)35-24(32)14-5-7-15(27)8-6-14)11-21-23(31)30(25(33)36-21)12-16-18(28)3-2-4-19(16)29/h2-11H,12H2,1H3/b21-11-. The van der Waals surface area contributed by atoms with Crippen LogP contribution in [0.1, 0.15) is 21.5 Å². The quantitative estimate of drug-likeness (QED) is 0.157. The summed E-state index contributed by atoms with van der Waals surface area (Å²) < 4.78 is 11.3. The van der Waals surface area contributed by atoms with E-state index in [1.165, 1.54) is 7.11 Å². The van der Waals surface area contributed by atoms with E-state index in [0.717, 1.165) is 16.7 Å². The van der Waals surface area contributed by atoms with Gasteiger partial charge >= 0.3 is 5.97 Å². The molecule has 0 aromatic heterocycles. The van der Waals surface area contributed by atoms with Crippen LogP contribution in [0.4, 0.5) is 4.79 Å². The third kappa shape index (κ3) is 5.74. The Balaban J connectivity index is 1.58. The fourth-order valence-electron chi connectivity index (χ4n) is 3.29. The largest absolute Gasteiger partial charge is 0.493 e. The smallest absolute Gasteiger partial charge is 0.343 e. The summed E-state index contributed by atoms with van der Waals surface area (Å²) in [6.07, 6.45) is 1.55. The van der Waals surface area contributed by atoms with Crippen molar-refractivity contribution in [2.45, 2.75) is 6.54 Å². The molecule has 0 unspecified atom stereocenters. The van der Waals surface area contributed by atoms with Crippen molar-refractivity contribution in [2.75, 3.05) is 7.11 Å². The van der Waals surface area contributed by atoms with Gasteiger partial charge in [0.2, 0.25) is 0 Å². The maximum Gasteiger partial charge on any atom is 0.343 e. The SMILES string of the molecule is COc1cc(/C=C2\SC(=O)N(Cc3c(Cl)cccc3Cl)C2=O)cc(Br)c1OC(=O)c1ccc(Cl)cc1. The molecule has 36 heavy (non-hydrogen) atoms. The number of benzene rings is 3. The fraction of sp³-hybridized carbons (Fsp3) is 0.0800. The van der Waals surface area contributed by atoms with E-state index in [-0.39, 0.29) is 22.9 Å². The molecule has 11 heteroatoms. The topological polar surface area (TPSA) is 72.9 Å². The molecule has 3 aromatic rings. The van der Waals surface area contributed by atoms with Crippen molar-refractivity contribution in [2.24, 2.45) is 0 Å². The highest BCUT2D eigenvalue weighted by molar-refractivity contribution is 9.10. The summed E-state index contributed by atoms with van der Waals surface area (Å²) in [6, 6.07) is 14.5. The first-order valence-electron chi connectivity index (χ1n) is 10.2. The van der Waals surface area contributed by atoms with Crippen LogP contribution in [0, 0.1) is 0 Å². The summed E-state index contributed by atoms with van der Waals surface area (Å²) in [5.41, 5.74) is 1.34. The molecule has 0 spiro atoms. The zero-order valence-electron chi connectivity index (χ0n) is 18.4. The number of carbonyl (C=O) groups excluding carboxylic acids is 3. The molecule has 1 aliphatic heterocycles. The second-order valence-corrected chi connectivity index (χ2v) is 10.5. The van der Waals surface area contributed by atoms with Crippen LogP contribution >= 0.6 is 62.5 Å². The summed E-state index contributed by atoms with van der Waals surface area (Å²) >= 11 is 22.5. The molecule has 0 saturated carbocycles. The zero-order chi connectivity index (χ0) is 26.0. The average Bonchev–Trinajstić information content (AvgIpc) is 3.10. The molecule has 0 bridgehead atoms. The van der Waals surface area contributed by atoms with Gasteiger partial charge < -0.3 is 9.47 Å². The summed E-state index contributed by atoms with van der Waals surface area (Å²) in [6.45, 7) is -0.0485. The average molecular weight is 628 g/mol. The van der Waals surface area contributed by atoms with E-state index in [1.807, 2.05) is 0 Å². The number of methoxy groups -OCH3 is 1. The van der Waals surface area contributed by atoms with Crippen molar-refractivity contribution in [3.63, 3.8) is 0 Å². The van der Waals surface area contributed by atoms with E-state index in [1.54, 1.807) is 60.7 Å². The van der Waals surface area contributed by atoms with Crippen molar-refractivity contribution in [1.82, 2.24) is 4.90 Å². The highest BCUT2D eigenvalue weighted by Gasteiger charge is 2.36. The maximum absolute atomic E-state index is 13.0. The van der Waals surface area contributed by atoms with Gasteiger partial charge in [0.05, 0.1) is 28.6 Å². The summed E-state index contributed by atoms with van der Waals surface area (Å²) in [5, 5.41) is 0.779. The number of carbonyl (C=O) groups is 3. The first kappa shape index (κ1) is 26.6. The molecular weight excluding hydrogens is 613 g/mol. The Morgan fingerprint density at radius 3 is 2.36 bits per heavy atom. The fourth-order valence-corrected chi connectivity index (χ4v) is 5.31. The van der Waals surface area contributed by atoms with Crippen molar-refractivity contribution >= 4 is 85.7 Å². The molecule has 184 valence electrons. The van der Waals surface area contributed by atoms with E-state index in [4.69, 9.17) is 44.3 Å². The predicted molar refractivity (Wildman–Crippen MR) is 145 cm³/mol. The molecule has 0 atom stereocenters. The minimum Gasteiger partial charge on any atom is -0.493 e. The van der Waals surface area contributed by atoms with Crippen LogP contribution in [-0.4, -0.2) is 29.1 Å². The van der Waals surface area contributed by atoms with Gasteiger partial charge in [-0.1, -0.05) is 40.9 Å². The lowest BCUT2D eigenvalue weighted by atomic mass is 10.1. The van der Waals surface area contributed by atoms with Gasteiger partial charge in [-0.3, -0.25) is 14.5 Å². The van der Waals surface area contributed by atoms with Crippen LogP contribution in [0.25, 0.3) is 6.08 Å². The number of imide groups is 1. The lowest BCUT2D eigenvalue weighted by molar-refractivity contribution is -0.123. The number of rotatable bonds is 6. The van der Waals surface area contributed by atoms with Gasteiger partial charge in [-0.2, -0.15) is 0 Å². The van der Waals surface area contributed by atoms with Crippen molar-refractivity contribution in [3.8, 4) is 11.5 Å². The lowest BCUT2D eigenvalue weighted by Crippen LogP contribution is -2.27. The number of nitrogens with zero attached hydrogens (tertiary/aromatic N) is 1. The monoisotopic (exact) mass is 625 g/mol. The number of thioether (sulfide) groups is 1. The lowest BCUT2D eigenvalue weighted by Gasteiger charge is -2.15. The Morgan fingerprint density at radius 1 is 1.06 bits per heavy atom. The van der Waals surface area contributed by atoms with E-state index >= 15 is 0 Å². The van der Waals surface area contributed by atoms with E-state index in [9.17, 15) is 14.4 Å². The maximum atomic E-state index is 13.0. The summed E-state index contributed by atoms with van der Waals surface area (Å²) in [5.74, 6) is -0.664. The first-order valence-corrected chi connectivity index (χ1v) is 13.0. The Hall–Kier alpha value is -2.49. The van der Waals surface area contributed by atoms with Crippen LogP contribution in [0.5, 0.6) is 11.5 Å². The van der Waals surface area contributed by atoms with Crippen LogP contribution in [0.3, 0.4) is 0 Å². The van der Waals surface area contributed by atoms with Crippen LogP contribution < -0.4 is 9.47 Å². The van der Waals surface area contributed by atoms with Gasteiger partial charge in [0.25, 0.3) is 11.1 Å². The number of halogens is 4. The minimum atomic E-state index is -0.599. The molecule has 1 saturated heterocycles. The Kier molecular flexibility index (Phi) is 8.32. The zero-order valence-corrected chi connectivity index (χ0v) is 23.1. The second kappa shape index (κ2) is 11.3. The van der Waals surface area contributed by atoms with Gasteiger partial charge in [-0.15, -0.1) is 0 Å². The molecule has 1 fully saturated rings. The Morgan fingerprint density at radius 2 is 1.72 bits per heavy atom. The Labute approximate surface area is 234 Å². The molecule has 1 heterocycles. The highest BCUT2D eigenvalue weighted by Crippen LogP contribution is 2.40. The van der Waals surface area contributed by atoms with Gasteiger partial charge in [0.15, 0.2) is 11.5 Å². The first-order chi connectivity index (χ1) is 17.2.